The van der Waals surface area contributed by atoms with E-state index in [4.69, 9.17) is 4.42 Å². The van der Waals surface area contributed by atoms with Gasteiger partial charge in [-0.2, -0.15) is 0 Å². The highest BCUT2D eigenvalue weighted by Gasteiger charge is 2.48. The van der Waals surface area contributed by atoms with Crippen LogP contribution in [0.2, 0.25) is 0 Å². The maximum atomic E-state index is 12.1. The molecule has 3 heterocycles. The molecular weight excluding hydrogens is 324 g/mol. The van der Waals surface area contributed by atoms with Gasteiger partial charge in [0.05, 0.1) is 5.54 Å². The van der Waals surface area contributed by atoms with Crippen molar-refractivity contribution in [3.05, 3.63) is 35.1 Å². The first-order valence-corrected chi connectivity index (χ1v) is 8.17. The van der Waals surface area contributed by atoms with Gasteiger partial charge < -0.3 is 20.4 Å². The Kier molecular flexibility index (Phi) is 2.48. The minimum atomic E-state index is -1.22. The summed E-state index contributed by atoms with van der Waals surface area (Å²) < 4.78 is 6.04. The van der Waals surface area contributed by atoms with Crippen LogP contribution in [0.25, 0.3) is 11.0 Å². The number of carbonyl (C=O) groups is 3. The van der Waals surface area contributed by atoms with Crippen LogP contribution >= 0.6 is 0 Å². The molecule has 5 rings (SSSR count). The van der Waals surface area contributed by atoms with E-state index in [-0.39, 0.29) is 6.03 Å². The van der Waals surface area contributed by atoms with E-state index in [1.54, 1.807) is 13.0 Å². The average molecular weight is 340 g/mol. The van der Waals surface area contributed by atoms with Crippen LogP contribution < -0.4 is 21.3 Å². The first kappa shape index (κ1) is 14.3. The van der Waals surface area contributed by atoms with Crippen LogP contribution in [0, 0.1) is 0 Å². The zero-order valence-electron chi connectivity index (χ0n) is 13.5. The third-order valence-electron chi connectivity index (χ3n) is 5.55. The number of carbonyl (C=O) groups excluding carboxylic acids is 3. The van der Waals surface area contributed by atoms with E-state index in [0.717, 1.165) is 29.4 Å². The lowest BCUT2D eigenvalue weighted by Crippen LogP contribution is -2.40. The number of hydrogen-bond acceptors (Lipinski definition) is 4. The van der Waals surface area contributed by atoms with Gasteiger partial charge in [0, 0.05) is 17.5 Å². The zero-order valence-corrected chi connectivity index (χ0v) is 13.5. The lowest BCUT2D eigenvalue weighted by Gasteiger charge is -2.22. The number of fused-ring (bicyclic) bond motifs is 4. The van der Waals surface area contributed by atoms with Crippen molar-refractivity contribution in [1.29, 1.82) is 0 Å². The third-order valence-corrected chi connectivity index (χ3v) is 5.55. The van der Waals surface area contributed by atoms with Crippen molar-refractivity contribution in [2.24, 2.45) is 0 Å². The van der Waals surface area contributed by atoms with Gasteiger partial charge in [-0.05, 0) is 31.4 Å². The van der Waals surface area contributed by atoms with Gasteiger partial charge in [-0.25, -0.2) is 9.59 Å². The van der Waals surface area contributed by atoms with Gasteiger partial charge in [-0.1, -0.05) is 12.1 Å². The molecule has 1 aliphatic carbocycles. The van der Waals surface area contributed by atoms with Gasteiger partial charge >= 0.3 is 12.1 Å². The van der Waals surface area contributed by atoms with Crippen molar-refractivity contribution in [3.63, 3.8) is 0 Å². The molecule has 4 N–H and O–H groups in total. The van der Waals surface area contributed by atoms with Gasteiger partial charge in [-0.15, -0.1) is 0 Å². The van der Waals surface area contributed by atoms with Gasteiger partial charge in [0.15, 0.2) is 5.54 Å². The van der Waals surface area contributed by atoms with Gasteiger partial charge in [0.1, 0.15) is 11.3 Å². The number of urea groups is 2. The third kappa shape index (κ3) is 1.73. The lowest BCUT2D eigenvalue weighted by molar-refractivity contribution is -0.124. The second kappa shape index (κ2) is 4.33. The fourth-order valence-electron chi connectivity index (χ4n) is 4.14. The lowest BCUT2D eigenvalue weighted by atomic mass is 9.92. The summed E-state index contributed by atoms with van der Waals surface area (Å²) in [5.74, 6) is -0.0364. The molecule has 8 nitrogen and oxygen atoms in total. The van der Waals surface area contributed by atoms with Crippen molar-refractivity contribution in [3.8, 4) is 0 Å². The van der Waals surface area contributed by atoms with Crippen LogP contribution in [0.4, 0.5) is 9.59 Å². The monoisotopic (exact) mass is 340 g/mol. The molecule has 2 fully saturated rings. The average Bonchev–Trinajstić information content (AvgIpc) is 3.28. The Balaban J connectivity index is 1.65. The molecule has 0 saturated carbocycles. The van der Waals surface area contributed by atoms with Gasteiger partial charge in [0.25, 0.3) is 5.91 Å². The largest absolute Gasteiger partial charge is 0.458 e. The number of aryl methyl sites for hydroxylation is 1. The van der Waals surface area contributed by atoms with Crippen LogP contribution in [-0.4, -0.2) is 24.5 Å². The molecule has 1 aromatic heterocycles. The van der Waals surface area contributed by atoms with E-state index in [1.165, 1.54) is 0 Å². The quantitative estimate of drug-likeness (QED) is 0.579. The van der Waals surface area contributed by atoms with Crippen LogP contribution in [0.1, 0.15) is 30.2 Å². The first-order chi connectivity index (χ1) is 11.9. The van der Waals surface area contributed by atoms with Crippen molar-refractivity contribution in [2.45, 2.75) is 30.8 Å². The standard InChI is InChI=1S/C17H16N4O4/c1-16(13(22)19-15(24)20-16)11-6-8-2-3-10-9(12(8)25-11)4-5-17(10)7-18-14(23)21-17/h2-3,6H,4-5,7H2,1H3,(H2,18,21,23)(H2,19,20,22,24). The summed E-state index contributed by atoms with van der Waals surface area (Å²) in [5, 5.41) is 11.6. The summed E-state index contributed by atoms with van der Waals surface area (Å²) >= 11 is 0. The Hall–Kier alpha value is -3.03. The topological polar surface area (TPSA) is 112 Å². The molecule has 2 atom stereocenters. The summed E-state index contributed by atoms with van der Waals surface area (Å²) in [4.78, 5) is 35.3. The molecular formula is C17H16N4O4. The van der Waals surface area contributed by atoms with E-state index in [1.807, 2.05) is 12.1 Å². The molecule has 2 aliphatic heterocycles. The summed E-state index contributed by atoms with van der Waals surface area (Å²) in [7, 11) is 0. The predicted molar refractivity (Wildman–Crippen MR) is 86.8 cm³/mol. The Morgan fingerprint density at radius 3 is 2.64 bits per heavy atom. The SMILES string of the molecule is CC1(c2cc3ccc4c(c3o2)CCC42CNC(=O)N2)NC(=O)NC1=O. The van der Waals surface area contributed by atoms with E-state index in [0.29, 0.717) is 17.9 Å². The molecule has 25 heavy (non-hydrogen) atoms. The predicted octanol–water partition coefficient (Wildman–Crippen LogP) is 0.942. The second-order valence-corrected chi connectivity index (χ2v) is 7.04. The molecule has 128 valence electrons. The zero-order chi connectivity index (χ0) is 17.4. The molecule has 2 unspecified atom stereocenters. The number of benzene rings is 1. The maximum absolute atomic E-state index is 12.1. The fourth-order valence-corrected chi connectivity index (χ4v) is 4.14. The van der Waals surface area contributed by atoms with E-state index >= 15 is 0 Å². The van der Waals surface area contributed by atoms with Crippen molar-refractivity contribution in [1.82, 2.24) is 21.3 Å². The molecule has 1 spiro atoms. The smallest absolute Gasteiger partial charge is 0.322 e. The Bertz CT molecular complexity index is 980. The molecule has 0 radical (unpaired) electrons. The molecule has 2 aromatic rings. The minimum Gasteiger partial charge on any atom is -0.458 e. The molecule has 2 saturated heterocycles. The molecule has 1 aromatic carbocycles. The van der Waals surface area contributed by atoms with Crippen molar-refractivity contribution >= 4 is 28.9 Å². The molecule has 8 heteroatoms. The fraction of sp³-hybridized carbons (Fsp3) is 0.353. The number of furan rings is 1. The van der Waals surface area contributed by atoms with Crippen molar-refractivity contribution < 1.29 is 18.8 Å². The highest BCUT2D eigenvalue weighted by Crippen LogP contribution is 2.43. The van der Waals surface area contributed by atoms with E-state index in [9.17, 15) is 14.4 Å². The van der Waals surface area contributed by atoms with Crippen LogP contribution in [-0.2, 0) is 22.3 Å². The van der Waals surface area contributed by atoms with Gasteiger partial charge in [-0.3, -0.25) is 10.1 Å². The molecule has 5 amide bonds. The highest BCUT2D eigenvalue weighted by molar-refractivity contribution is 6.07. The van der Waals surface area contributed by atoms with Gasteiger partial charge in [0.2, 0.25) is 0 Å². The normalized spacial score (nSPS) is 30.4. The Morgan fingerprint density at radius 1 is 1.12 bits per heavy atom. The Labute approximate surface area is 142 Å². The number of nitrogens with one attached hydrogen (secondary N) is 4. The summed E-state index contributed by atoms with van der Waals surface area (Å²) in [6.45, 7) is 2.17. The summed E-state index contributed by atoms with van der Waals surface area (Å²) in [6, 6.07) is 5.03. The van der Waals surface area contributed by atoms with Crippen molar-refractivity contribution in [2.75, 3.05) is 6.54 Å². The molecule has 0 bridgehead atoms. The second-order valence-electron chi connectivity index (χ2n) is 7.04. The van der Waals surface area contributed by atoms with Crippen LogP contribution in [0.15, 0.2) is 22.6 Å². The number of hydrogen-bond donors (Lipinski definition) is 4. The molecule has 3 aliphatic rings. The highest BCUT2D eigenvalue weighted by atomic mass is 16.3. The first-order valence-electron chi connectivity index (χ1n) is 8.17. The van der Waals surface area contributed by atoms with E-state index in [2.05, 4.69) is 21.3 Å². The number of amides is 5. The number of imide groups is 1. The van der Waals surface area contributed by atoms with Crippen LogP contribution in [0.3, 0.4) is 0 Å². The van der Waals surface area contributed by atoms with Crippen LogP contribution in [0.5, 0.6) is 0 Å². The number of rotatable bonds is 1. The summed E-state index contributed by atoms with van der Waals surface area (Å²) in [6.07, 6.45) is 1.57. The summed E-state index contributed by atoms with van der Waals surface area (Å²) in [5.41, 5.74) is 1.19. The minimum absolute atomic E-state index is 0.161. The Morgan fingerprint density at radius 2 is 1.96 bits per heavy atom. The van der Waals surface area contributed by atoms with E-state index < -0.39 is 23.0 Å². The maximum Gasteiger partial charge on any atom is 0.322 e.